The summed E-state index contributed by atoms with van der Waals surface area (Å²) >= 11 is 5.97. The van der Waals surface area contributed by atoms with E-state index in [9.17, 15) is 0 Å². The van der Waals surface area contributed by atoms with Crippen molar-refractivity contribution < 1.29 is 9.47 Å². The number of ether oxygens (including phenoxy) is 2. The Kier molecular flexibility index (Phi) is 7.14. The van der Waals surface area contributed by atoms with Crippen molar-refractivity contribution in [3.05, 3.63) is 101 Å². The summed E-state index contributed by atoms with van der Waals surface area (Å²) in [6, 6.07) is 11.6. The Bertz CT molecular complexity index is 1030. The van der Waals surface area contributed by atoms with Gasteiger partial charge in [-0.05, 0) is 67.3 Å². The lowest BCUT2D eigenvalue weighted by molar-refractivity contribution is 0.147. The number of allylic oxidation sites excluding steroid dienone is 3. The highest BCUT2D eigenvalue weighted by Crippen LogP contribution is 2.25. The summed E-state index contributed by atoms with van der Waals surface area (Å²) in [4.78, 5) is 7.59. The molecule has 2 heterocycles. The standard InChI is InChI=1S/C24H25ClN2O2/c1-4-7-22(29-16-18-9-11-20(25)12-10-18)23(28-5-2)17(3)14-19-15-27-24-21(19)8-6-13-26-24/h4,6-13,15H,1,5,14,16H2,2-3H3,(H,26,27)/b22-7+,23-17-. The van der Waals surface area contributed by atoms with E-state index in [-0.39, 0.29) is 0 Å². The van der Waals surface area contributed by atoms with Gasteiger partial charge in [0.15, 0.2) is 11.5 Å². The number of aromatic nitrogens is 2. The molecule has 4 nitrogen and oxygen atoms in total. The Morgan fingerprint density at radius 3 is 2.72 bits per heavy atom. The number of nitrogens with zero attached hydrogens (tertiary/aromatic N) is 1. The van der Waals surface area contributed by atoms with Crippen molar-refractivity contribution in [2.75, 3.05) is 6.61 Å². The zero-order valence-electron chi connectivity index (χ0n) is 16.7. The van der Waals surface area contributed by atoms with E-state index in [2.05, 4.69) is 29.5 Å². The lowest BCUT2D eigenvalue weighted by Crippen LogP contribution is -2.05. The largest absolute Gasteiger partial charge is 0.490 e. The first-order chi connectivity index (χ1) is 14.1. The van der Waals surface area contributed by atoms with Gasteiger partial charge in [0.05, 0.1) is 6.61 Å². The first kappa shape index (κ1) is 20.7. The van der Waals surface area contributed by atoms with Crippen LogP contribution in [0.1, 0.15) is 25.0 Å². The Morgan fingerprint density at radius 2 is 2.00 bits per heavy atom. The molecule has 0 fully saturated rings. The maximum absolute atomic E-state index is 6.09. The van der Waals surface area contributed by atoms with Gasteiger partial charge in [0.1, 0.15) is 12.3 Å². The number of aromatic amines is 1. The predicted octanol–water partition coefficient (Wildman–Crippen LogP) is 6.36. The normalized spacial score (nSPS) is 12.6. The molecule has 3 rings (SSSR count). The van der Waals surface area contributed by atoms with Crippen molar-refractivity contribution in [3.63, 3.8) is 0 Å². The molecule has 3 aromatic rings. The summed E-state index contributed by atoms with van der Waals surface area (Å²) in [5.74, 6) is 1.40. The van der Waals surface area contributed by atoms with Crippen LogP contribution in [-0.2, 0) is 22.5 Å². The first-order valence-corrected chi connectivity index (χ1v) is 9.94. The van der Waals surface area contributed by atoms with E-state index in [1.54, 1.807) is 12.3 Å². The van der Waals surface area contributed by atoms with Crippen LogP contribution in [0.4, 0.5) is 0 Å². The smallest absolute Gasteiger partial charge is 0.161 e. The fourth-order valence-electron chi connectivity index (χ4n) is 3.11. The second-order valence-electron chi connectivity index (χ2n) is 6.61. The number of hydrogen-bond acceptors (Lipinski definition) is 3. The SMILES string of the molecule is C=C/C=C(OCc1ccc(Cl)cc1)\C(OCC)=C(/C)Cc1c[nH]c2ncccc12. The molecule has 0 spiro atoms. The molecule has 0 saturated heterocycles. The zero-order valence-corrected chi connectivity index (χ0v) is 17.5. The van der Waals surface area contributed by atoms with Crippen molar-refractivity contribution in [1.82, 2.24) is 9.97 Å². The van der Waals surface area contributed by atoms with Gasteiger partial charge >= 0.3 is 0 Å². The van der Waals surface area contributed by atoms with Crippen LogP contribution in [0.2, 0.25) is 5.02 Å². The highest BCUT2D eigenvalue weighted by Gasteiger charge is 2.14. The average molecular weight is 409 g/mol. The van der Waals surface area contributed by atoms with E-state index < -0.39 is 0 Å². The van der Waals surface area contributed by atoms with Crippen LogP contribution in [0, 0.1) is 0 Å². The van der Waals surface area contributed by atoms with Gasteiger partial charge in [-0.15, -0.1) is 0 Å². The molecule has 0 atom stereocenters. The molecule has 0 unspecified atom stereocenters. The minimum atomic E-state index is 0.414. The lowest BCUT2D eigenvalue weighted by atomic mass is 10.0. The van der Waals surface area contributed by atoms with E-state index in [1.165, 1.54) is 5.56 Å². The van der Waals surface area contributed by atoms with Crippen molar-refractivity contribution in [1.29, 1.82) is 0 Å². The molecule has 0 aliphatic heterocycles. The monoisotopic (exact) mass is 408 g/mol. The van der Waals surface area contributed by atoms with Crippen LogP contribution in [0.5, 0.6) is 0 Å². The van der Waals surface area contributed by atoms with Gasteiger partial charge in [0, 0.05) is 22.8 Å². The molecule has 0 saturated carbocycles. The average Bonchev–Trinajstić information content (AvgIpc) is 3.13. The third-order valence-electron chi connectivity index (χ3n) is 4.47. The summed E-state index contributed by atoms with van der Waals surface area (Å²) < 4.78 is 12.1. The highest BCUT2D eigenvalue weighted by atomic mass is 35.5. The molecule has 0 aliphatic carbocycles. The maximum atomic E-state index is 6.09. The van der Waals surface area contributed by atoms with Gasteiger partial charge in [-0.3, -0.25) is 0 Å². The second-order valence-corrected chi connectivity index (χ2v) is 7.05. The number of nitrogens with one attached hydrogen (secondary N) is 1. The minimum absolute atomic E-state index is 0.414. The highest BCUT2D eigenvalue weighted by molar-refractivity contribution is 6.30. The van der Waals surface area contributed by atoms with E-state index in [4.69, 9.17) is 21.1 Å². The van der Waals surface area contributed by atoms with Gasteiger partial charge in [0.2, 0.25) is 0 Å². The molecular formula is C24H25ClN2O2. The molecule has 1 aromatic carbocycles. The molecular weight excluding hydrogens is 384 g/mol. The second kappa shape index (κ2) is 9.99. The molecule has 1 N–H and O–H groups in total. The minimum Gasteiger partial charge on any atom is -0.490 e. The molecule has 2 aromatic heterocycles. The molecule has 0 aliphatic rings. The van der Waals surface area contributed by atoms with Crippen LogP contribution in [0.25, 0.3) is 11.0 Å². The molecule has 150 valence electrons. The number of rotatable bonds is 9. The van der Waals surface area contributed by atoms with Gasteiger partial charge in [-0.1, -0.05) is 36.4 Å². The number of benzene rings is 1. The number of fused-ring (bicyclic) bond motifs is 1. The third-order valence-corrected chi connectivity index (χ3v) is 4.72. The van der Waals surface area contributed by atoms with Crippen molar-refractivity contribution in [3.8, 4) is 0 Å². The van der Waals surface area contributed by atoms with E-state index >= 15 is 0 Å². The van der Waals surface area contributed by atoms with Crippen LogP contribution < -0.4 is 0 Å². The summed E-state index contributed by atoms with van der Waals surface area (Å²) in [7, 11) is 0. The molecule has 0 bridgehead atoms. The van der Waals surface area contributed by atoms with Gasteiger partial charge in [-0.25, -0.2) is 4.98 Å². The molecule has 29 heavy (non-hydrogen) atoms. The van der Waals surface area contributed by atoms with E-state index in [0.29, 0.717) is 24.0 Å². The summed E-state index contributed by atoms with van der Waals surface area (Å²) in [6.45, 7) is 8.80. The quantitative estimate of drug-likeness (QED) is 0.331. The van der Waals surface area contributed by atoms with Crippen molar-refractivity contribution in [2.24, 2.45) is 0 Å². The predicted molar refractivity (Wildman–Crippen MR) is 119 cm³/mol. The molecule has 0 radical (unpaired) electrons. The van der Waals surface area contributed by atoms with Crippen LogP contribution in [0.15, 0.2) is 84.6 Å². The number of pyridine rings is 1. The summed E-state index contributed by atoms with van der Waals surface area (Å²) in [6.07, 6.45) is 8.04. The van der Waals surface area contributed by atoms with E-state index in [0.717, 1.165) is 34.3 Å². The Labute approximate surface area is 176 Å². The first-order valence-electron chi connectivity index (χ1n) is 9.56. The van der Waals surface area contributed by atoms with Gasteiger partial charge < -0.3 is 14.5 Å². The van der Waals surface area contributed by atoms with Crippen LogP contribution >= 0.6 is 11.6 Å². The fraction of sp³-hybridized carbons (Fsp3) is 0.208. The van der Waals surface area contributed by atoms with Gasteiger partial charge in [-0.2, -0.15) is 0 Å². The molecule has 0 amide bonds. The third kappa shape index (κ3) is 5.30. The van der Waals surface area contributed by atoms with E-state index in [1.807, 2.05) is 49.5 Å². The molecule has 5 heteroatoms. The number of H-pyrrole nitrogens is 1. The Balaban J connectivity index is 1.85. The van der Waals surface area contributed by atoms with Crippen molar-refractivity contribution in [2.45, 2.75) is 26.9 Å². The summed E-state index contributed by atoms with van der Waals surface area (Å²) in [5.41, 5.74) is 4.15. The Hall–Kier alpha value is -2.98. The Morgan fingerprint density at radius 1 is 1.21 bits per heavy atom. The summed E-state index contributed by atoms with van der Waals surface area (Å²) in [5, 5.41) is 1.81. The van der Waals surface area contributed by atoms with Gasteiger partial charge in [0.25, 0.3) is 0 Å². The fourth-order valence-corrected chi connectivity index (χ4v) is 3.24. The zero-order chi connectivity index (χ0) is 20.6. The van der Waals surface area contributed by atoms with Crippen molar-refractivity contribution >= 4 is 22.6 Å². The lowest BCUT2D eigenvalue weighted by Gasteiger charge is -2.17. The van der Waals surface area contributed by atoms with Crippen LogP contribution in [-0.4, -0.2) is 16.6 Å². The van der Waals surface area contributed by atoms with Crippen LogP contribution in [0.3, 0.4) is 0 Å². The topological polar surface area (TPSA) is 47.1 Å². The number of halogens is 1. The number of hydrogen-bond donors (Lipinski definition) is 1. The maximum Gasteiger partial charge on any atom is 0.161 e.